The number of benzene rings is 3. The van der Waals surface area contributed by atoms with Crippen LogP contribution in [0.15, 0.2) is 54.6 Å². The van der Waals surface area contributed by atoms with Crippen LogP contribution >= 0.6 is 0 Å². The average Bonchev–Trinajstić information content (AvgIpc) is 3.40. The Bertz CT molecular complexity index is 1350. The normalized spacial score (nSPS) is 12.0. The molecular formula is C23H16N4O3. The molecule has 1 aromatic heterocycles. The molecule has 0 spiro atoms. The second-order valence-corrected chi connectivity index (χ2v) is 6.95. The first kappa shape index (κ1) is 17.8. The van der Waals surface area contributed by atoms with E-state index in [4.69, 9.17) is 16.0 Å². The number of fused-ring (bicyclic) bond motifs is 2. The van der Waals surface area contributed by atoms with Gasteiger partial charge in [-0.3, -0.25) is 4.79 Å². The Morgan fingerprint density at radius 1 is 1.10 bits per heavy atom. The maximum absolute atomic E-state index is 12.7. The van der Waals surface area contributed by atoms with Gasteiger partial charge in [-0.1, -0.05) is 12.1 Å². The number of aromatic amines is 1. The third kappa shape index (κ3) is 3.10. The molecule has 3 aromatic carbocycles. The molecule has 0 aliphatic carbocycles. The van der Waals surface area contributed by atoms with Gasteiger partial charge in [0.2, 0.25) is 6.79 Å². The van der Waals surface area contributed by atoms with Crippen molar-refractivity contribution in [2.24, 2.45) is 0 Å². The zero-order valence-electron chi connectivity index (χ0n) is 16.0. The average molecular weight is 396 g/mol. The molecule has 1 aliphatic rings. The van der Waals surface area contributed by atoms with Crippen LogP contribution in [-0.2, 0) is 0 Å². The minimum atomic E-state index is -0.241. The van der Waals surface area contributed by atoms with E-state index in [0.29, 0.717) is 34.3 Å². The van der Waals surface area contributed by atoms with Crippen LogP contribution < -0.4 is 14.8 Å². The van der Waals surface area contributed by atoms with Crippen molar-refractivity contribution in [2.75, 3.05) is 12.1 Å². The number of amides is 1. The Morgan fingerprint density at radius 2 is 1.97 bits per heavy atom. The first-order chi connectivity index (χ1) is 14.6. The second-order valence-electron chi connectivity index (χ2n) is 6.95. The van der Waals surface area contributed by atoms with Crippen LogP contribution in [-0.4, -0.2) is 22.7 Å². The van der Waals surface area contributed by atoms with E-state index in [1.807, 2.05) is 31.2 Å². The van der Waals surface area contributed by atoms with E-state index in [0.717, 1.165) is 22.2 Å². The molecule has 0 radical (unpaired) electrons. The summed E-state index contributed by atoms with van der Waals surface area (Å²) in [4.78, 5) is 24.1. The number of nitrogens with one attached hydrogen (secondary N) is 2. The van der Waals surface area contributed by atoms with Gasteiger partial charge in [0.15, 0.2) is 17.2 Å². The highest BCUT2D eigenvalue weighted by Crippen LogP contribution is 2.33. The predicted molar refractivity (Wildman–Crippen MR) is 113 cm³/mol. The van der Waals surface area contributed by atoms with Crippen molar-refractivity contribution in [3.05, 3.63) is 77.1 Å². The molecule has 0 atom stereocenters. The number of carbonyl (C=O) groups excluding carboxylic acids is 1. The fraction of sp³-hybridized carbons (Fsp3) is 0.0870. The maximum Gasteiger partial charge on any atom is 0.255 e. The smallest absolute Gasteiger partial charge is 0.255 e. The van der Waals surface area contributed by atoms with Crippen molar-refractivity contribution < 1.29 is 14.3 Å². The number of hydrogen-bond acceptors (Lipinski definition) is 4. The largest absolute Gasteiger partial charge is 0.454 e. The zero-order chi connectivity index (χ0) is 20.7. The van der Waals surface area contributed by atoms with E-state index < -0.39 is 0 Å². The Labute approximate surface area is 172 Å². The van der Waals surface area contributed by atoms with Gasteiger partial charge in [0.1, 0.15) is 5.82 Å². The van der Waals surface area contributed by atoms with E-state index >= 15 is 0 Å². The van der Waals surface area contributed by atoms with Crippen LogP contribution in [0.1, 0.15) is 15.9 Å². The third-order valence-corrected chi connectivity index (χ3v) is 4.98. The molecule has 0 bridgehead atoms. The van der Waals surface area contributed by atoms with E-state index in [9.17, 15) is 4.79 Å². The Kier molecular flexibility index (Phi) is 4.11. The Morgan fingerprint density at radius 3 is 2.83 bits per heavy atom. The van der Waals surface area contributed by atoms with Crippen molar-refractivity contribution in [1.82, 2.24) is 9.97 Å². The summed E-state index contributed by atoms with van der Waals surface area (Å²) < 4.78 is 10.6. The van der Waals surface area contributed by atoms with Gasteiger partial charge in [-0.25, -0.2) is 9.83 Å². The lowest BCUT2D eigenvalue weighted by molar-refractivity contribution is 0.102. The molecular weight excluding hydrogens is 380 g/mol. The molecule has 0 saturated carbocycles. The standard InChI is InChI=1S/C23H16N4O3/c1-13-3-5-16(25-23(28)14-4-8-20-21(9-14)30-12-29-20)10-17(13)22-26-18-7-6-15(24-2)11-19(18)27-22/h3-11H,12H2,1H3,(H,25,28)(H,26,27). The van der Waals surface area contributed by atoms with Crippen LogP contribution in [0, 0.1) is 13.5 Å². The summed E-state index contributed by atoms with van der Waals surface area (Å²) in [5, 5.41) is 2.92. The lowest BCUT2D eigenvalue weighted by Gasteiger charge is -2.09. The number of anilines is 1. The van der Waals surface area contributed by atoms with Crippen molar-refractivity contribution >= 4 is 28.3 Å². The SMILES string of the molecule is [C-]#[N+]c1ccc2nc(-c3cc(NC(=O)c4ccc5c(c4)OCO5)ccc3C)[nH]c2c1. The Hall–Kier alpha value is -4.31. The first-order valence-electron chi connectivity index (χ1n) is 9.30. The highest BCUT2D eigenvalue weighted by Gasteiger charge is 2.17. The number of H-pyrrole nitrogens is 1. The summed E-state index contributed by atoms with van der Waals surface area (Å²) in [5.74, 6) is 1.64. The van der Waals surface area contributed by atoms with Gasteiger partial charge in [0.05, 0.1) is 17.6 Å². The first-order valence-corrected chi connectivity index (χ1v) is 9.30. The second kappa shape index (κ2) is 6.94. The topological polar surface area (TPSA) is 80.6 Å². The predicted octanol–water partition coefficient (Wildman–Crippen LogP) is 5.07. The third-order valence-electron chi connectivity index (χ3n) is 4.98. The minimum Gasteiger partial charge on any atom is -0.454 e. The van der Waals surface area contributed by atoms with Gasteiger partial charge in [-0.15, -0.1) is 0 Å². The molecule has 0 fully saturated rings. The number of aryl methyl sites for hydroxylation is 1. The monoisotopic (exact) mass is 396 g/mol. The van der Waals surface area contributed by atoms with Crippen LogP contribution in [0.3, 0.4) is 0 Å². The molecule has 1 amide bonds. The van der Waals surface area contributed by atoms with Gasteiger partial charge in [-0.05, 0) is 55.0 Å². The van der Waals surface area contributed by atoms with Crippen LogP contribution in [0.2, 0.25) is 0 Å². The highest BCUT2D eigenvalue weighted by atomic mass is 16.7. The number of ether oxygens (including phenoxy) is 2. The lowest BCUT2D eigenvalue weighted by Crippen LogP contribution is -2.12. The van der Waals surface area contributed by atoms with E-state index in [-0.39, 0.29) is 12.7 Å². The minimum absolute atomic E-state index is 0.163. The van der Waals surface area contributed by atoms with Crippen molar-refractivity contribution in [2.45, 2.75) is 6.92 Å². The molecule has 30 heavy (non-hydrogen) atoms. The molecule has 2 heterocycles. The van der Waals surface area contributed by atoms with Gasteiger partial charge >= 0.3 is 0 Å². The number of rotatable bonds is 3. The summed E-state index contributed by atoms with van der Waals surface area (Å²) in [6.07, 6.45) is 0. The van der Waals surface area contributed by atoms with Gasteiger partial charge < -0.3 is 19.8 Å². The maximum atomic E-state index is 12.7. The summed E-state index contributed by atoms with van der Waals surface area (Å²) in [7, 11) is 0. The van der Waals surface area contributed by atoms with E-state index in [1.54, 1.807) is 30.3 Å². The number of carbonyl (C=O) groups is 1. The number of hydrogen-bond donors (Lipinski definition) is 2. The number of nitrogens with zero attached hydrogens (tertiary/aromatic N) is 2. The van der Waals surface area contributed by atoms with E-state index in [2.05, 4.69) is 20.1 Å². The van der Waals surface area contributed by atoms with Crippen molar-refractivity contribution in [3.8, 4) is 22.9 Å². The summed E-state index contributed by atoms with van der Waals surface area (Å²) >= 11 is 0. The molecule has 2 N–H and O–H groups in total. The van der Waals surface area contributed by atoms with Gasteiger partial charge in [0.25, 0.3) is 5.91 Å². The van der Waals surface area contributed by atoms with Crippen LogP contribution in [0.5, 0.6) is 11.5 Å². The van der Waals surface area contributed by atoms with Gasteiger partial charge in [-0.2, -0.15) is 0 Å². The summed E-state index contributed by atoms with van der Waals surface area (Å²) in [6, 6.07) is 16.1. The molecule has 5 rings (SSSR count). The molecule has 4 aromatic rings. The molecule has 7 nitrogen and oxygen atoms in total. The fourth-order valence-corrected chi connectivity index (χ4v) is 3.39. The molecule has 0 saturated heterocycles. The number of imidazole rings is 1. The molecule has 0 unspecified atom stereocenters. The summed E-state index contributed by atoms with van der Waals surface area (Å²) in [5.41, 5.74) is 5.16. The molecule has 1 aliphatic heterocycles. The Balaban J connectivity index is 1.45. The van der Waals surface area contributed by atoms with Crippen molar-refractivity contribution in [3.63, 3.8) is 0 Å². The van der Waals surface area contributed by atoms with E-state index in [1.165, 1.54) is 0 Å². The highest BCUT2D eigenvalue weighted by molar-refractivity contribution is 6.05. The van der Waals surface area contributed by atoms with Crippen LogP contribution in [0.25, 0.3) is 27.3 Å². The van der Waals surface area contributed by atoms with Gasteiger partial charge in [0, 0.05) is 16.8 Å². The fourth-order valence-electron chi connectivity index (χ4n) is 3.39. The summed E-state index contributed by atoms with van der Waals surface area (Å²) in [6.45, 7) is 9.31. The molecule has 146 valence electrons. The quantitative estimate of drug-likeness (QED) is 0.474. The molecule has 7 heteroatoms. The number of aromatic nitrogens is 2. The van der Waals surface area contributed by atoms with Crippen molar-refractivity contribution in [1.29, 1.82) is 0 Å². The van der Waals surface area contributed by atoms with Crippen LogP contribution in [0.4, 0.5) is 11.4 Å². The zero-order valence-corrected chi connectivity index (χ0v) is 16.0. The lowest BCUT2D eigenvalue weighted by atomic mass is 10.1.